The number of furan rings is 1. The number of carbonyl (C=O) groups is 2. The molecule has 1 N–H and O–H groups in total. The Balaban J connectivity index is 1.80. The molecule has 7 heteroatoms. The van der Waals surface area contributed by atoms with Crippen molar-refractivity contribution in [2.24, 2.45) is 0 Å². The summed E-state index contributed by atoms with van der Waals surface area (Å²) >= 11 is 0. The number of rotatable bonds is 5. The number of Topliss-reactive ketones (excluding diaryl/α,β-unsaturated/α-hetero) is 1. The molecule has 3 aromatic rings. The van der Waals surface area contributed by atoms with Gasteiger partial charge in [-0.25, -0.2) is 0 Å². The molecule has 152 valence electrons. The summed E-state index contributed by atoms with van der Waals surface area (Å²) in [5.74, 6) is 0.0425. The predicted octanol–water partition coefficient (Wildman–Crippen LogP) is 3.61. The highest BCUT2D eigenvalue weighted by Gasteiger charge is 2.47. The minimum atomic E-state index is -0.839. The van der Waals surface area contributed by atoms with Crippen LogP contribution in [-0.2, 0) is 16.1 Å². The summed E-state index contributed by atoms with van der Waals surface area (Å²) in [6.07, 6.45) is 3.02. The number of pyridine rings is 1. The molecule has 7 nitrogen and oxygen atoms in total. The van der Waals surface area contributed by atoms with Gasteiger partial charge < -0.3 is 19.2 Å². The van der Waals surface area contributed by atoms with E-state index in [0.717, 1.165) is 5.56 Å². The number of likely N-dealkylation sites (tertiary alicyclic amines) is 1. The number of carbonyl (C=O) groups excluding carboxylic acids is 2. The summed E-state index contributed by atoms with van der Waals surface area (Å²) in [4.78, 5) is 31.2. The zero-order valence-electron chi connectivity index (χ0n) is 16.5. The number of methoxy groups -OCH3 is 1. The molecule has 0 radical (unpaired) electrons. The van der Waals surface area contributed by atoms with Crippen LogP contribution in [0.5, 0.6) is 5.75 Å². The molecule has 3 heterocycles. The molecule has 30 heavy (non-hydrogen) atoms. The first-order chi connectivity index (χ1) is 14.5. The Morgan fingerprint density at radius 1 is 1.10 bits per heavy atom. The van der Waals surface area contributed by atoms with Crippen LogP contribution >= 0.6 is 0 Å². The lowest BCUT2D eigenvalue weighted by molar-refractivity contribution is -0.140. The number of ether oxygens (including phenoxy) is 1. The molecule has 0 spiro atoms. The molecule has 1 aromatic carbocycles. The average Bonchev–Trinajstić information content (AvgIpc) is 3.30. The molecule has 2 aromatic heterocycles. The second kappa shape index (κ2) is 7.87. The SMILES string of the molecule is COc1ccc(CN2C(=O)C(=O)/C(=C(\O)c3ccncc3)C2c2ccc(C)o2)cc1. The summed E-state index contributed by atoms with van der Waals surface area (Å²) < 4.78 is 10.9. The zero-order valence-corrected chi connectivity index (χ0v) is 16.5. The summed E-state index contributed by atoms with van der Waals surface area (Å²) in [5.41, 5.74) is 1.21. The maximum Gasteiger partial charge on any atom is 0.296 e. The van der Waals surface area contributed by atoms with Crippen LogP contribution in [0.2, 0.25) is 0 Å². The van der Waals surface area contributed by atoms with Gasteiger partial charge in [0.1, 0.15) is 29.1 Å². The molecule has 1 unspecified atom stereocenters. The van der Waals surface area contributed by atoms with Gasteiger partial charge in [0, 0.05) is 24.5 Å². The lowest BCUT2D eigenvalue weighted by Crippen LogP contribution is -2.29. The van der Waals surface area contributed by atoms with Crippen molar-refractivity contribution in [2.75, 3.05) is 7.11 Å². The number of aliphatic hydroxyl groups excluding tert-OH is 1. The van der Waals surface area contributed by atoms with E-state index < -0.39 is 17.7 Å². The van der Waals surface area contributed by atoms with Gasteiger partial charge in [0.15, 0.2) is 0 Å². The number of nitrogens with zero attached hydrogens (tertiary/aromatic N) is 2. The molecule has 0 saturated carbocycles. The van der Waals surface area contributed by atoms with E-state index in [0.29, 0.717) is 22.8 Å². The Morgan fingerprint density at radius 3 is 2.40 bits per heavy atom. The maximum absolute atomic E-state index is 12.9. The molecule has 1 fully saturated rings. The number of hydrogen-bond acceptors (Lipinski definition) is 6. The van der Waals surface area contributed by atoms with Gasteiger partial charge in [-0.15, -0.1) is 0 Å². The number of aromatic nitrogens is 1. The summed E-state index contributed by atoms with van der Waals surface area (Å²) in [7, 11) is 1.58. The van der Waals surface area contributed by atoms with Gasteiger partial charge in [-0.3, -0.25) is 14.6 Å². The third-order valence-corrected chi connectivity index (χ3v) is 5.04. The van der Waals surface area contributed by atoms with Crippen molar-refractivity contribution >= 4 is 17.4 Å². The van der Waals surface area contributed by atoms with Gasteiger partial charge >= 0.3 is 0 Å². The molecule has 1 amide bonds. The summed E-state index contributed by atoms with van der Waals surface area (Å²) in [6.45, 7) is 1.95. The van der Waals surface area contributed by atoms with Crippen LogP contribution in [0.3, 0.4) is 0 Å². The minimum absolute atomic E-state index is 0.00550. The minimum Gasteiger partial charge on any atom is -0.507 e. The largest absolute Gasteiger partial charge is 0.507 e. The smallest absolute Gasteiger partial charge is 0.296 e. The molecule has 1 aliphatic heterocycles. The highest BCUT2D eigenvalue weighted by molar-refractivity contribution is 6.46. The second-order valence-corrected chi connectivity index (χ2v) is 6.96. The number of hydrogen-bond donors (Lipinski definition) is 1. The van der Waals surface area contributed by atoms with Crippen LogP contribution in [0.4, 0.5) is 0 Å². The monoisotopic (exact) mass is 404 g/mol. The first-order valence-electron chi connectivity index (χ1n) is 9.37. The van der Waals surface area contributed by atoms with Gasteiger partial charge in [-0.05, 0) is 48.9 Å². The first-order valence-corrected chi connectivity index (χ1v) is 9.37. The van der Waals surface area contributed by atoms with E-state index in [1.54, 1.807) is 50.4 Å². The van der Waals surface area contributed by atoms with Crippen LogP contribution in [0.1, 0.15) is 28.7 Å². The Bertz CT molecular complexity index is 1120. The van der Waals surface area contributed by atoms with Crippen molar-refractivity contribution in [3.8, 4) is 5.75 Å². The van der Waals surface area contributed by atoms with E-state index in [2.05, 4.69) is 4.98 Å². The van der Waals surface area contributed by atoms with E-state index in [9.17, 15) is 14.7 Å². The number of ketones is 1. The van der Waals surface area contributed by atoms with Crippen molar-refractivity contribution in [1.82, 2.24) is 9.88 Å². The van der Waals surface area contributed by atoms with Gasteiger partial charge in [0.25, 0.3) is 11.7 Å². The molecule has 1 saturated heterocycles. The predicted molar refractivity (Wildman–Crippen MR) is 109 cm³/mol. The highest BCUT2D eigenvalue weighted by atomic mass is 16.5. The molecule has 1 aliphatic rings. The summed E-state index contributed by atoms with van der Waals surface area (Å²) in [6, 6.07) is 13.0. The van der Waals surface area contributed by atoms with Crippen molar-refractivity contribution in [3.63, 3.8) is 0 Å². The lowest BCUT2D eigenvalue weighted by atomic mass is 9.99. The Morgan fingerprint density at radius 2 is 1.80 bits per heavy atom. The maximum atomic E-state index is 12.9. The van der Waals surface area contributed by atoms with Gasteiger partial charge in [-0.1, -0.05) is 12.1 Å². The number of amides is 1. The van der Waals surface area contributed by atoms with E-state index >= 15 is 0 Å². The zero-order chi connectivity index (χ0) is 21.3. The molecular formula is C23H20N2O5. The quantitative estimate of drug-likeness (QED) is 0.397. The van der Waals surface area contributed by atoms with E-state index in [1.165, 1.54) is 17.3 Å². The van der Waals surface area contributed by atoms with Crippen LogP contribution in [0.25, 0.3) is 5.76 Å². The van der Waals surface area contributed by atoms with Crippen LogP contribution in [0, 0.1) is 6.92 Å². The normalized spacial score (nSPS) is 18.1. The van der Waals surface area contributed by atoms with Crippen LogP contribution in [0.15, 0.2) is 70.9 Å². The number of aryl methyl sites for hydroxylation is 1. The van der Waals surface area contributed by atoms with E-state index in [4.69, 9.17) is 9.15 Å². The first kappa shape index (κ1) is 19.4. The van der Waals surface area contributed by atoms with Crippen molar-refractivity contribution in [1.29, 1.82) is 0 Å². The third kappa shape index (κ3) is 3.45. The standard InChI is InChI=1S/C23H20N2O5/c1-14-3-8-18(30-14)20-19(21(26)16-9-11-24-12-10-16)22(27)23(28)25(20)13-15-4-6-17(29-2)7-5-15/h3-12,20,26H,13H2,1-2H3/b21-19-. The van der Waals surface area contributed by atoms with E-state index in [-0.39, 0.29) is 17.9 Å². The summed E-state index contributed by atoms with van der Waals surface area (Å²) in [5, 5.41) is 10.9. The van der Waals surface area contributed by atoms with Crippen molar-refractivity contribution < 1.29 is 23.8 Å². The number of benzene rings is 1. The molecule has 1 atom stereocenters. The molecule has 4 rings (SSSR count). The fourth-order valence-corrected chi connectivity index (χ4v) is 3.53. The fourth-order valence-electron chi connectivity index (χ4n) is 3.53. The number of aliphatic hydroxyl groups is 1. The average molecular weight is 404 g/mol. The second-order valence-electron chi connectivity index (χ2n) is 6.96. The van der Waals surface area contributed by atoms with Crippen LogP contribution in [-0.4, -0.2) is 33.8 Å². The Labute approximate surface area is 173 Å². The van der Waals surface area contributed by atoms with Crippen molar-refractivity contribution in [3.05, 3.63) is 89.1 Å². The van der Waals surface area contributed by atoms with Crippen molar-refractivity contribution in [2.45, 2.75) is 19.5 Å². The Hall–Kier alpha value is -3.87. The highest BCUT2D eigenvalue weighted by Crippen LogP contribution is 2.40. The van der Waals surface area contributed by atoms with E-state index in [1.807, 2.05) is 12.1 Å². The van der Waals surface area contributed by atoms with Gasteiger partial charge in [-0.2, -0.15) is 0 Å². The molecule has 0 bridgehead atoms. The fraction of sp³-hybridized carbons (Fsp3) is 0.174. The topological polar surface area (TPSA) is 92.9 Å². The van der Waals surface area contributed by atoms with Gasteiger partial charge in [0.2, 0.25) is 0 Å². The molecule has 0 aliphatic carbocycles. The Kier molecular flexibility index (Phi) is 5.10. The van der Waals surface area contributed by atoms with Crippen LogP contribution < -0.4 is 4.74 Å². The third-order valence-electron chi connectivity index (χ3n) is 5.04. The van der Waals surface area contributed by atoms with Gasteiger partial charge in [0.05, 0.1) is 12.7 Å². The lowest BCUT2D eigenvalue weighted by Gasteiger charge is -2.23. The molecular weight excluding hydrogens is 384 g/mol.